The Morgan fingerprint density at radius 3 is 2.89 bits per heavy atom. The second kappa shape index (κ2) is 8.93. The standard InChI is InChI=1S/C25H29ClFN7O2/c1-14(2)34-19-10-15(21-16(26)11-28-23(31-21)30-18-3-8-36-12-20(18)35)9-17(27)22(19)32-24(34)33-7-6-29-25(13-33)4-5-25/h9-11,14,18,29H,3-8,12-13H2,1-2H3,(H,28,30,31)/t18-/m0/s1. The highest BCUT2D eigenvalue weighted by molar-refractivity contribution is 6.33. The number of nitrogens with zero attached hydrogens (tertiary/aromatic N) is 5. The maximum Gasteiger partial charge on any atom is 0.223 e. The van der Waals surface area contributed by atoms with Crippen molar-refractivity contribution in [2.45, 2.75) is 50.7 Å². The number of ketones is 1. The highest BCUT2D eigenvalue weighted by Gasteiger charge is 2.46. The predicted molar refractivity (Wildman–Crippen MR) is 136 cm³/mol. The van der Waals surface area contributed by atoms with Gasteiger partial charge in [-0.2, -0.15) is 0 Å². The number of piperazine rings is 1. The molecule has 1 aliphatic carbocycles. The Kier molecular flexibility index (Phi) is 5.85. The van der Waals surface area contributed by atoms with E-state index in [4.69, 9.17) is 21.3 Å². The number of ether oxygens (including phenoxy) is 1. The van der Waals surface area contributed by atoms with Gasteiger partial charge in [-0.15, -0.1) is 0 Å². The number of carbonyl (C=O) groups excluding carboxylic acids is 1. The molecule has 36 heavy (non-hydrogen) atoms. The van der Waals surface area contributed by atoms with Crippen LogP contribution in [0.25, 0.3) is 22.3 Å². The van der Waals surface area contributed by atoms with Gasteiger partial charge in [0, 0.05) is 43.4 Å². The minimum Gasteiger partial charge on any atom is -0.374 e. The molecule has 0 amide bonds. The number of Topliss-reactive ketones (excluding diaryl/α,β-unsaturated/α-hetero) is 1. The van der Waals surface area contributed by atoms with Gasteiger partial charge in [-0.05, 0) is 45.2 Å². The quantitative estimate of drug-likeness (QED) is 0.534. The molecule has 0 bridgehead atoms. The first-order valence-corrected chi connectivity index (χ1v) is 12.8. The number of nitrogens with one attached hydrogen (secondary N) is 2. The molecule has 2 aromatic heterocycles. The largest absolute Gasteiger partial charge is 0.374 e. The van der Waals surface area contributed by atoms with Crippen molar-refractivity contribution >= 4 is 40.3 Å². The number of halogens is 2. The number of anilines is 2. The van der Waals surface area contributed by atoms with Crippen molar-refractivity contribution in [3.63, 3.8) is 0 Å². The molecule has 9 nitrogen and oxygen atoms in total. The van der Waals surface area contributed by atoms with Crippen molar-refractivity contribution in [1.82, 2.24) is 24.8 Å². The Hall–Kier alpha value is -2.82. The number of hydrogen-bond acceptors (Lipinski definition) is 8. The van der Waals surface area contributed by atoms with E-state index in [1.54, 1.807) is 0 Å². The molecule has 2 saturated heterocycles. The zero-order chi connectivity index (χ0) is 25.0. The molecule has 3 aromatic rings. The van der Waals surface area contributed by atoms with Crippen molar-refractivity contribution in [2.75, 3.05) is 43.1 Å². The third-order valence-electron chi connectivity index (χ3n) is 7.26. The Balaban J connectivity index is 1.39. The number of rotatable bonds is 5. The van der Waals surface area contributed by atoms with Gasteiger partial charge in [-0.25, -0.2) is 19.3 Å². The number of aromatic nitrogens is 4. The zero-order valence-corrected chi connectivity index (χ0v) is 21.1. The van der Waals surface area contributed by atoms with Gasteiger partial charge in [-0.3, -0.25) is 4.79 Å². The fraction of sp³-hybridized carbons (Fsp3) is 0.520. The minimum atomic E-state index is -0.428. The molecule has 190 valence electrons. The fourth-order valence-electron chi connectivity index (χ4n) is 5.21. The van der Waals surface area contributed by atoms with Crippen LogP contribution in [0.5, 0.6) is 0 Å². The first kappa shape index (κ1) is 23.6. The highest BCUT2D eigenvalue weighted by Crippen LogP contribution is 2.40. The molecule has 1 atom stereocenters. The molecule has 4 heterocycles. The van der Waals surface area contributed by atoms with Crippen LogP contribution in [-0.4, -0.2) is 69.7 Å². The lowest BCUT2D eigenvalue weighted by molar-refractivity contribution is -0.128. The van der Waals surface area contributed by atoms with Crippen LogP contribution in [0.3, 0.4) is 0 Å². The van der Waals surface area contributed by atoms with Crippen molar-refractivity contribution in [2.24, 2.45) is 0 Å². The van der Waals surface area contributed by atoms with E-state index in [0.29, 0.717) is 40.3 Å². The minimum absolute atomic E-state index is 0.0527. The lowest BCUT2D eigenvalue weighted by atomic mass is 10.1. The average Bonchev–Trinajstić information content (AvgIpc) is 3.46. The van der Waals surface area contributed by atoms with Crippen LogP contribution in [0, 0.1) is 5.82 Å². The summed E-state index contributed by atoms with van der Waals surface area (Å²) in [5, 5.41) is 6.99. The van der Waals surface area contributed by atoms with Gasteiger partial charge in [0.05, 0.1) is 28.5 Å². The maximum absolute atomic E-state index is 15.5. The Morgan fingerprint density at radius 2 is 2.14 bits per heavy atom. The lowest BCUT2D eigenvalue weighted by Crippen LogP contribution is -2.53. The fourth-order valence-corrected chi connectivity index (χ4v) is 5.41. The zero-order valence-electron chi connectivity index (χ0n) is 20.4. The third-order valence-corrected chi connectivity index (χ3v) is 7.54. The molecule has 0 radical (unpaired) electrons. The second-order valence-electron chi connectivity index (χ2n) is 10.2. The van der Waals surface area contributed by atoms with Gasteiger partial charge in [-0.1, -0.05) is 11.6 Å². The second-order valence-corrected chi connectivity index (χ2v) is 10.6. The number of carbonyl (C=O) groups is 1. The van der Waals surface area contributed by atoms with E-state index in [2.05, 4.69) is 43.9 Å². The van der Waals surface area contributed by atoms with Crippen LogP contribution in [0.2, 0.25) is 5.02 Å². The molecular formula is C25H29ClFN7O2. The van der Waals surface area contributed by atoms with Crippen LogP contribution in [0.15, 0.2) is 18.3 Å². The molecule has 2 aliphatic heterocycles. The van der Waals surface area contributed by atoms with Gasteiger partial charge in [0.2, 0.25) is 11.9 Å². The van der Waals surface area contributed by atoms with Gasteiger partial charge in [0.1, 0.15) is 12.1 Å². The van der Waals surface area contributed by atoms with Gasteiger partial charge < -0.3 is 24.8 Å². The average molecular weight is 514 g/mol. The predicted octanol–water partition coefficient (Wildman–Crippen LogP) is 3.58. The van der Waals surface area contributed by atoms with Crippen molar-refractivity contribution < 1.29 is 13.9 Å². The van der Waals surface area contributed by atoms with Gasteiger partial charge in [0.15, 0.2) is 11.6 Å². The molecule has 1 spiro atoms. The number of fused-ring (bicyclic) bond motifs is 1. The molecule has 1 saturated carbocycles. The van der Waals surface area contributed by atoms with E-state index in [1.165, 1.54) is 12.3 Å². The summed E-state index contributed by atoms with van der Waals surface area (Å²) in [4.78, 5) is 28.0. The van der Waals surface area contributed by atoms with Crippen LogP contribution >= 0.6 is 11.6 Å². The molecule has 3 aliphatic rings. The van der Waals surface area contributed by atoms with Gasteiger partial charge >= 0.3 is 0 Å². The first-order chi connectivity index (χ1) is 17.3. The Bertz CT molecular complexity index is 1340. The maximum atomic E-state index is 15.5. The number of benzene rings is 1. The van der Waals surface area contributed by atoms with Gasteiger partial charge in [0.25, 0.3) is 0 Å². The first-order valence-electron chi connectivity index (χ1n) is 12.4. The highest BCUT2D eigenvalue weighted by atomic mass is 35.5. The molecule has 1 aromatic carbocycles. The van der Waals surface area contributed by atoms with Crippen molar-refractivity contribution in [3.8, 4) is 11.3 Å². The van der Waals surface area contributed by atoms with Crippen LogP contribution < -0.4 is 15.5 Å². The molecule has 2 N–H and O–H groups in total. The molecule has 3 fully saturated rings. The topological polar surface area (TPSA) is 97.2 Å². The van der Waals surface area contributed by atoms with Crippen molar-refractivity contribution in [1.29, 1.82) is 0 Å². The molecule has 11 heteroatoms. The van der Waals surface area contributed by atoms with Crippen LogP contribution in [0.1, 0.15) is 39.2 Å². The normalized spacial score (nSPS) is 21.5. The summed E-state index contributed by atoms with van der Waals surface area (Å²) in [6.45, 7) is 7.29. The van der Waals surface area contributed by atoms with Crippen molar-refractivity contribution in [3.05, 3.63) is 29.2 Å². The summed E-state index contributed by atoms with van der Waals surface area (Å²) in [6, 6.07) is 2.95. The Morgan fingerprint density at radius 1 is 1.31 bits per heavy atom. The number of imidazole rings is 1. The lowest BCUT2D eigenvalue weighted by Gasteiger charge is -2.35. The number of hydrogen-bond donors (Lipinski definition) is 2. The summed E-state index contributed by atoms with van der Waals surface area (Å²) in [5.74, 6) is 0.577. The molecule has 6 rings (SSSR count). The monoisotopic (exact) mass is 513 g/mol. The summed E-state index contributed by atoms with van der Waals surface area (Å²) < 4.78 is 22.8. The van der Waals surface area contributed by atoms with Crippen LogP contribution in [0.4, 0.5) is 16.3 Å². The summed E-state index contributed by atoms with van der Waals surface area (Å²) in [7, 11) is 0. The molecular weight excluding hydrogens is 485 g/mol. The summed E-state index contributed by atoms with van der Waals surface area (Å²) in [5.41, 5.74) is 2.13. The van der Waals surface area contributed by atoms with E-state index in [1.807, 2.05) is 6.07 Å². The van der Waals surface area contributed by atoms with E-state index in [-0.39, 0.29) is 29.9 Å². The van der Waals surface area contributed by atoms with E-state index >= 15 is 4.39 Å². The summed E-state index contributed by atoms with van der Waals surface area (Å²) in [6.07, 6.45) is 4.32. The summed E-state index contributed by atoms with van der Waals surface area (Å²) >= 11 is 6.47. The molecule has 0 unspecified atom stereocenters. The smallest absolute Gasteiger partial charge is 0.223 e. The van der Waals surface area contributed by atoms with E-state index < -0.39 is 11.9 Å². The van der Waals surface area contributed by atoms with E-state index in [9.17, 15) is 4.79 Å². The Labute approximate surface area is 213 Å². The SMILES string of the molecule is CC(C)n1c(N2CCNC3(CC3)C2)nc2c(F)cc(-c3nc(N[C@H]4CCOCC4=O)ncc3Cl)cc21. The van der Waals surface area contributed by atoms with E-state index in [0.717, 1.165) is 38.4 Å². The van der Waals surface area contributed by atoms with Crippen LogP contribution in [-0.2, 0) is 9.53 Å². The third kappa shape index (κ3) is 4.21.